The summed E-state index contributed by atoms with van der Waals surface area (Å²) in [5.41, 5.74) is 9.65. The van der Waals surface area contributed by atoms with Crippen molar-refractivity contribution < 1.29 is 9.47 Å². The summed E-state index contributed by atoms with van der Waals surface area (Å²) in [4.78, 5) is 0. The Hall–Kier alpha value is -2.17. The fourth-order valence-electron chi connectivity index (χ4n) is 2.15. The van der Waals surface area contributed by atoms with E-state index in [1.165, 1.54) is 0 Å². The number of hydrogen-bond donors (Lipinski definition) is 2. The van der Waals surface area contributed by atoms with Crippen molar-refractivity contribution in [2.75, 3.05) is 20.0 Å². The summed E-state index contributed by atoms with van der Waals surface area (Å²) >= 11 is 0. The lowest BCUT2D eigenvalue weighted by molar-refractivity contribution is 0.389. The molecule has 0 aliphatic heterocycles. The Kier molecular flexibility index (Phi) is 3.14. The zero-order chi connectivity index (χ0) is 13.3. The van der Waals surface area contributed by atoms with Crippen molar-refractivity contribution in [2.24, 2.45) is 0 Å². The van der Waals surface area contributed by atoms with Crippen LogP contribution in [0.1, 0.15) is 11.1 Å². The average molecular weight is 247 g/mol. The van der Waals surface area contributed by atoms with E-state index >= 15 is 0 Å². The lowest BCUT2D eigenvalue weighted by Gasteiger charge is -2.16. The summed E-state index contributed by atoms with van der Waals surface area (Å²) in [5, 5.41) is 6.68. The van der Waals surface area contributed by atoms with Crippen LogP contribution in [0.15, 0.2) is 12.3 Å². The van der Waals surface area contributed by atoms with Gasteiger partial charge in [-0.25, -0.2) is 0 Å². The number of H-pyrrole nitrogens is 1. The van der Waals surface area contributed by atoms with Gasteiger partial charge in [-0.1, -0.05) is 0 Å². The largest absolute Gasteiger partial charge is 0.496 e. The maximum atomic E-state index is 5.88. The maximum Gasteiger partial charge on any atom is 0.133 e. The molecule has 1 heterocycles. The van der Waals surface area contributed by atoms with Gasteiger partial charge in [0.2, 0.25) is 0 Å². The number of methoxy groups -OCH3 is 2. The molecule has 18 heavy (non-hydrogen) atoms. The van der Waals surface area contributed by atoms with Crippen molar-refractivity contribution in [2.45, 2.75) is 13.8 Å². The Morgan fingerprint density at radius 2 is 1.94 bits per heavy atom. The molecular formula is C13H17N3O2. The van der Waals surface area contributed by atoms with Gasteiger partial charge in [0.15, 0.2) is 0 Å². The topological polar surface area (TPSA) is 73.2 Å². The van der Waals surface area contributed by atoms with E-state index in [1.807, 2.05) is 19.9 Å². The smallest absolute Gasteiger partial charge is 0.133 e. The van der Waals surface area contributed by atoms with E-state index in [2.05, 4.69) is 10.2 Å². The SMILES string of the molecule is COc1cc(C)c(-c2cn[nH]c2N)c(OC)c1C. The third-order valence-electron chi connectivity index (χ3n) is 3.04. The van der Waals surface area contributed by atoms with Crippen LogP contribution in [0.4, 0.5) is 5.82 Å². The van der Waals surface area contributed by atoms with Crippen LogP contribution in [0, 0.1) is 13.8 Å². The van der Waals surface area contributed by atoms with E-state index in [-0.39, 0.29) is 0 Å². The first-order valence-electron chi connectivity index (χ1n) is 5.61. The molecule has 0 unspecified atom stereocenters. The molecule has 3 N–H and O–H groups in total. The predicted octanol–water partition coefficient (Wildman–Crippen LogP) is 2.29. The number of nitrogens with two attached hydrogens (primary N) is 1. The van der Waals surface area contributed by atoms with E-state index in [0.29, 0.717) is 5.82 Å². The second-order valence-electron chi connectivity index (χ2n) is 4.13. The minimum atomic E-state index is 0.529. The summed E-state index contributed by atoms with van der Waals surface area (Å²) in [7, 11) is 3.29. The zero-order valence-corrected chi connectivity index (χ0v) is 11.0. The van der Waals surface area contributed by atoms with Gasteiger partial charge in [0.25, 0.3) is 0 Å². The molecule has 96 valence electrons. The molecule has 0 aliphatic rings. The molecular weight excluding hydrogens is 230 g/mol. The van der Waals surface area contributed by atoms with Crippen molar-refractivity contribution in [3.8, 4) is 22.6 Å². The van der Waals surface area contributed by atoms with Gasteiger partial charge in [-0.3, -0.25) is 5.10 Å². The number of nitrogens with one attached hydrogen (secondary N) is 1. The van der Waals surface area contributed by atoms with Gasteiger partial charge in [-0.2, -0.15) is 5.10 Å². The first kappa shape index (κ1) is 12.3. The normalized spacial score (nSPS) is 10.4. The van der Waals surface area contributed by atoms with Gasteiger partial charge in [-0.15, -0.1) is 0 Å². The first-order chi connectivity index (χ1) is 8.60. The van der Waals surface area contributed by atoms with Gasteiger partial charge in [-0.05, 0) is 25.5 Å². The van der Waals surface area contributed by atoms with Crippen molar-refractivity contribution in [1.82, 2.24) is 10.2 Å². The molecule has 2 aromatic rings. The van der Waals surface area contributed by atoms with Gasteiger partial charge >= 0.3 is 0 Å². The summed E-state index contributed by atoms with van der Waals surface area (Å²) in [5.74, 6) is 2.09. The lowest BCUT2D eigenvalue weighted by Crippen LogP contribution is -1.99. The van der Waals surface area contributed by atoms with Gasteiger partial charge in [0.1, 0.15) is 17.3 Å². The van der Waals surface area contributed by atoms with Crippen LogP contribution in [0.25, 0.3) is 11.1 Å². The summed E-state index contributed by atoms with van der Waals surface area (Å²) in [6, 6.07) is 1.97. The monoisotopic (exact) mass is 247 g/mol. The van der Waals surface area contributed by atoms with Gasteiger partial charge < -0.3 is 15.2 Å². The summed E-state index contributed by atoms with van der Waals surface area (Å²) in [6.45, 7) is 3.95. The molecule has 0 atom stereocenters. The maximum absolute atomic E-state index is 5.88. The van der Waals surface area contributed by atoms with E-state index in [9.17, 15) is 0 Å². The molecule has 0 saturated carbocycles. The average Bonchev–Trinajstić information content (AvgIpc) is 2.77. The van der Waals surface area contributed by atoms with Crippen LogP contribution in [0.5, 0.6) is 11.5 Å². The Morgan fingerprint density at radius 3 is 2.44 bits per heavy atom. The van der Waals surface area contributed by atoms with Crippen molar-refractivity contribution in [3.63, 3.8) is 0 Å². The third kappa shape index (κ3) is 1.77. The number of aromatic amines is 1. The Labute approximate surface area is 106 Å². The number of anilines is 1. The van der Waals surface area contributed by atoms with Crippen molar-refractivity contribution in [3.05, 3.63) is 23.4 Å². The third-order valence-corrected chi connectivity index (χ3v) is 3.04. The highest BCUT2D eigenvalue weighted by Gasteiger charge is 2.18. The molecule has 2 rings (SSSR count). The Bertz CT molecular complexity index is 576. The molecule has 1 aromatic heterocycles. The molecule has 0 radical (unpaired) electrons. The van der Waals surface area contributed by atoms with Crippen molar-refractivity contribution in [1.29, 1.82) is 0 Å². The molecule has 0 saturated heterocycles. The summed E-state index contributed by atoms with van der Waals surface area (Å²) < 4.78 is 10.8. The fourth-order valence-corrected chi connectivity index (χ4v) is 2.15. The number of nitrogens with zero attached hydrogens (tertiary/aromatic N) is 1. The highest BCUT2D eigenvalue weighted by molar-refractivity contribution is 5.82. The number of benzene rings is 1. The first-order valence-corrected chi connectivity index (χ1v) is 5.61. The minimum absolute atomic E-state index is 0.529. The van der Waals surface area contributed by atoms with E-state index in [1.54, 1.807) is 20.4 Å². The molecule has 0 fully saturated rings. The quantitative estimate of drug-likeness (QED) is 0.872. The number of nitrogen functional groups attached to an aromatic ring is 1. The van der Waals surface area contributed by atoms with E-state index < -0.39 is 0 Å². The Balaban J connectivity index is 2.75. The van der Waals surface area contributed by atoms with Gasteiger partial charge in [0.05, 0.1) is 20.4 Å². The molecule has 0 amide bonds. The molecule has 1 aromatic carbocycles. The van der Waals surface area contributed by atoms with Crippen LogP contribution < -0.4 is 15.2 Å². The Morgan fingerprint density at radius 1 is 1.22 bits per heavy atom. The zero-order valence-electron chi connectivity index (χ0n) is 11.0. The van der Waals surface area contributed by atoms with Crippen LogP contribution in [0.2, 0.25) is 0 Å². The standard InChI is InChI=1S/C13H17N3O2/c1-7-5-10(17-3)8(2)12(18-4)11(7)9-6-15-16-13(9)14/h5-6H,1-4H3,(H3,14,15,16). The van der Waals surface area contributed by atoms with Crippen LogP contribution in [-0.4, -0.2) is 24.4 Å². The van der Waals surface area contributed by atoms with E-state index in [4.69, 9.17) is 15.2 Å². The minimum Gasteiger partial charge on any atom is -0.496 e. The molecule has 5 heteroatoms. The number of ether oxygens (including phenoxy) is 2. The highest BCUT2D eigenvalue weighted by Crippen LogP contribution is 2.41. The molecule has 0 spiro atoms. The van der Waals surface area contributed by atoms with Crippen LogP contribution >= 0.6 is 0 Å². The second-order valence-corrected chi connectivity index (χ2v) is 4.13. The predicted molar refractivity (Wildman–Crippen MR) is 71.0 cm³/mol. The van der Waals surface area contributed by atoms with E-state index in [0.717, 1.165) is 33.8 Å². The molecule has 0 aliphatic carbocycles. The van der Waals surface area contributed by atoms with Crippen molar-refractivity contribution >= 4 is 5.82 Å². The molecule has 5 nitrogen and oxygen atoms in total. The second kappa shape index (κ2) is 4.60. The van der Waals surface area contributed by atoms with Gasteiger partial charge in [0, 0.05) is 16.7 Å². The molecule has 0 bridgehead atoms. The fraction of sp³-hybridized carbons (Fsp3) is 0.308. The number of aryl methyl sites for hydroxylation is 1. The van der Waals surface area contributed by atoms with Crippen LogP contribution in [-0.2, 0) is 0 Å². The highest BCUT2D eigenvalue weighted by atomic mass is 16.5. The van der Waals surface area contributed by atoms with Crippen LogP contribution in [0.3, 0.4) is 0 Å². The lowest BCUT2D eigenvalue weighted by atomic mass is 9.97. The number of hydrogen-bond acceptors (Lipinski definition) is 4. The summed E-state index contributed by atoms with van der Waals surface area (Å²) in [6.07, 6.45) is 1.70. The number of aromatic nitrogens is 2. The number of rotatable bonds is 3.